The number of amides is 2. The second kappa shape index (κ2) is 32.4. The molecule has 4 aromatic rings. The van der Waals surface area contributed by atoms with E-state index < -0.39 is 12.0 Å². The number of fused-ring (bicyclic) bond motifs is 3. The van der Waals surface area contributed by atoms with Gasteiger partial charge in [0.2, 0.25) is 5.91 Å². The molecule has 3 aliphatic heterocycles. The van der Waals surface area contributed by atoms with E-state index in [0.29, 0.717) is 31.4 Å². The molecule has 4 N–H and O–H groups in total. The van der Waals surface area contributed by atoms with Crippen molar-refractivity contribution in [2.45, 2.75) is 130 Å². The minimum Gasteiger partial charge on any atom is -0.491 e. The number of aromatic nitrogens is 2. The number of benzene rings is 2. The monoisotopic (exact) mass is 1310 g/mol. The van der Waals surface area contributed by atoms with Crippen LogP contribution < -0.4 is 25.8 Å². The standard InChI is InChI=1S/C58H86N8O6.C4H5N.C2H2.Pa/c1-10-11-12-13-20-60-63-57(68)52-29-40-27-43(30-46(28-40)71-36-53(41-18-21-64(7)22-19-41)72-35-50(38(2)3)56(67)62-52)42-14-17-51-47(31-42)49(33-58(5,6)37-69-8)55(61-51)48-32-45(34-59-54(48)39(4)70-9)66-25-23-65(24-26-66)44-15-16-44;1-4(2)3-5;1-2;/h14,17,27-28,30-32,34,38-39,41,44,50,52-53,60-61H,10-13,15-16,18-26,29,33,35-37H2,1-9H3,(H,62,67)(H,63,68);4H,1-2H2;1-2H;/q;-2;;/t39?,50-,52?,53?;;;/m0.../s1. The number of anilines is 1. The number of hydrogen-bond acceptors (Lipinski definition) is 12. The summed E-state index contributed by atoms with van der Waals surface area (Å²) in [5.74, 6) is -0.207. The van der Waals surface area contributed by atoms with Gasteiger partial charge in [-0.3, -0.25) is 24.9 Å². The van der Waals surface area contributed by atoms with Gasteiger partial charge in [0.05, 0.1) is 54.6 Å². The van der Waals surface area contributed by atoms with Crippen molar-refractivity contribution in [1.82, 2.24) is 35.9 Å². The van der Waals surface area contributed by atoms with Gasteiger partial charge in [-0.05, 0) is 135 Å². The first-order chi connectivity index (χ1) is 38.0. The number of aromatic amines is 1. The normalized spacial score (nSPS) is 20.1. The van der Waals surface area contributed by atoms with Gasteiger partial charge in [0.1, 0.15) is 18.4 Å². The molecule has 1 saturated carbocycles. The van der Waals surface area contributed by atoms with Crippen LogP contribution in [0.2, 0.25) is 0 Å². The Kier molecular flexibility index (Phi) is 26.9. The maximum Gasteiger partial charge on any atom is 0.256 e. The summed E-state index contributed by atoms with van der Waals surface area (Å²) in [6.45, 7) is 27.4. The molecule has 435 valence electrons. The Morgan fingerprint density at radius 1 is 0.963 bits per heavy atom. The Hall–Kier alpha value is -4.43. The first kappa shape index (κ1) is 66.4. The van der Waals surface area contributed by atoms with Gasteiger partial charge in [0, 0.05) is 114 Å². The van der Waals surface area contributed by atoms with Gasteiger partial charge in [-0.2, -0.15) is 0 Å². The van der Waals surface area contributed by atoms with Crippen molar-refractivity contribution < 1.29 is 60.8 Å². The van der Waals surface area contributed by atoms with Crippen LogP contribution in [0.1, 0.15) is 116 Å². The Bertz CT molecular complexity index is 2630. The number of carbonyl (C=O) groups is 2. The largest absolute Gasteiger partial charge is 0.491 e. The summed E-state index contributed by atoms with van der Waals surface area (Å²) in [6.07, 6.45) is 19.6. The molecule has 16 heteroatoms. The second-order valence-corrected chi connectivity index (χ2v) is 23.4. The molecule has 3 unspecified atom stereocenters. The molecule has 5 heterocycles. The van der Waals surface area contributed by atoms with Gasteiger partial charge in [0.25, 0.3) is 5.91 Å². The van der Waals surface area contributed by atoms with E-state index in [4.69, 9.17) is 29.2 Å². The number of likely N-dealkylation sites (tertiary alicyclic amines) is 1. The third-order valence-corrected chi connectivity index (χ3v) is 16.0. The average molecular weight is 1320 g/mol. The first-order valence-corrected chi connectivity index (χ1v) is 29.0. The van der Waals surface area contributed by atoms with Crippen molar-refractivity contribution in [2.24, 2.45) is 29.1 Å². The number of hydrazine groups is 1. The number of carbonyl (C=O) groups excluding carboxylic acids is 2. The van der Waals surface area contributed by atoms with E-state index in [1.165, 1.54) is 18.4 Å². The third-order valence-electron chi connectivity index (χ3n) is 16.0. The molecule has 3 fully saturated rings. The summed E-state index contributed by atoms with van der Waals surface area (Å²) in [7, 11) is 5.69. The minimum absolute atomic E-state index is 0. The number of methoxy groups -OCH3 is 2. The molecule has 1 aliphatic carbocycles. The smallest absolute Gasteiger partial charge is 0.256 e. The second-order valence-electron chi connectivity index (χ2n) is 23.4. The van der Waals surface area contributed by atoms with Crippen LogP contribution in [-0.4, -0.2) is 137 Å². The third kappa shape index (κ3) is 18.8. The zero-order valence-electron chi connectivity index (χ0n) is 49.7. The fraction of sp³-hybridized carbons (Fsp3) is 0.594. The van der Waals surface area contributed by atoms with E-state index in [0.717, 1.165) is 140 Å². The summed E-state index contributed by atoms with van der Waals surface area (Å²) >= 11 is 0. The average Bonchev–Trinajstić information content (AvgIpc) is 4.25. The van der Waals surface area contributed by atoms with Crippen molar-refractivity contribution in [3.63, 3.8) is 0 Å². The fourth-order valence-corrected chi connectivity index (χ4v) is 11.1. The van der Waals surface area contributed by atoms with Crippen LogP contribution in [0.3, 0.4) is 0 Å². The molecule has 4 atom stereocenters. The number of nitrogens with zero attached hydrogens (tertiary/aromatic N) is 5. The van der Waals surface area contributed by atoms with Crippen LogP contribution in [0.4, 0.5) is 5.69 Å². The summed E-state index contributed by atoms with van der Waals surface area (Å²) < 4.78 is 25.4. The van der Waals surface area contributed by atoms with E-state index in [9.17, 15) is 9.59 Å². The van der Waals surface area contributed by atoms with E-state index in [1.54, 1.807) is 20.3 Å². The number of unbranched alkanes of at least 4 members (excludes halogenated alkanes) is 3. The summed E-state index contributed by atoms with van der Waals surface area (Å²) in [4.78, 5) is 45.0. The molecule has 2 aromatic heterocycles. The Morgan fingerprint density at radius 3 is 2.31 bits per heavy atom. The van der Waals surface area contributed by atoms with Crippen molar-refractivity contribution in [3.05, 3.63) is 79.3 Å². The molecule has 1 radical (unpaired) electrons. The predicted molar refractivity (Wildman–Crippen MR) is 318 cm³/mol. The number of hydrogen-bond donors (Lipinski definition) is 4. The number of piperazine rings is 1. The van der Waals surface area contributed by atoms with Gasteiger partial charge in [0.15, 0.2) is 0 Å². The fourth-order valence-electron chi connectivity index (χ4n) is 11.1. The van der Waals surface area contributed by atoms with Crippen LogP contribution >= 0.6 is 0 Å². The van der Waals surface area contributed by atoms with Crippen molar-refractivity contribution in [3.8, 4) is 47.0 Å². The number of terminal acetylenes is 1. The van der Waals surface area contributed by atoms with E-state index >= 15 is 0 Å². The van der Waals surface area contributed by atoms with Crippen molar-refractivity contribution in [2.75, 3.05) is 91.8 Å². The SMILES string of the molecule is C#C.CCCCCCNNC(=O)C1Cc2cc(cc(-c3ccc4[nH]c(-c5cc(N6CCN(C7CC7)CC6)cnc5C(C)OC)c(CC(C)(C)COC)c4c3)c2)OCC(C2CCN(C)CC2)OC[C@@H](C(C)C)C(=O)N1.[CH2-]C([CH2-])C#N.[Pa]. The number of pyridine rings is 1. The Labute approximate surface area is 504 Å². The predicted octanol–water partition coefficient (Wildman–Crippen LogP) is 9.77. The number of piperidine rings is 1. The molecule has 2 aromatic carbocycles. The van der Waals surface area contributed by atoms with Gasteiger partial charge in [-0.25, -0.2) is 16.6 Å². The quantitative estimate of drug-likeness (QED) is 0.0304. The van der Waals surface area contributed by atoms with E-state index in [2.05, 4.69) is 134 Å². The number of H-pyrrole nitrogens is 1. The van der Waals surface area contributed by atoms with E-state index in [-0.39, 0.29) is 86.6 Å². The van der Waals surface area contributed by atoms with Crippen LogP contribution in [0, 0.1) is 99.4 Å². The van der Waals surface area contributed by atoms with Crippen LogP contribution in [-0.2, 0) is 36.6 Å². The maximum absolute atomic E-state index is 14.3. The minimum atomic E-state index is -0.838. The molecule has 15 nitrogen and oxygen atoms in total. The van der Waals surface area contributed by atoms with Crippen molar-refractivity contribution in [1.29, 1.82) is 5.26 Å². The number of nitrogens with one attached hydrogen (secondary N) is 4. The van der Waals surface area contributed by atoms with E-state index in [1.807, 2.05) is 26.1 Å². The van der Waals surface area contributed by atoms with Gasteiger partial charge in [-0.15, -0.1) is 12.8 Å². The topological polar surface area (TPSA) is 169 Å². The molecule has 80 heavy (non-hydrogen) atoms. The van der Waals surface area contributed by atoms with Crippen molar-refractivity contribution >= 4 is 28.4 Å². The Morgan fingerprint density at radius 2 is 1.68 bits per heavy atom. The number of rotatable bonds is 19. The van der Waals surface area contributed by atoms with Crippen LogP contribution in [0.15, 0.2) is 48.7 Å². The first-order valence-electron chi connectivity index (χ1n) is 29.0. The molecule has 4 aliphatic rings. The molecular weight excluding hydrogens is 1220 g/mol. The van der Waals surface area contributed by atoms with Gasteiger partial charge < -0.3 is 52.9 Å². The summed E-state index contributed by atoms with van der Waals surface area (Å²) in [5, 5.41) is 12.1. The molecule has 0 spiro atoms. The zero-order chi connectivity index (χ0) is 57.2. The van der Waals surface area contributed by atoms with Gasteiger partial charge >= 0.3 is 0 Å². The maximum atomic E-state index is 14.3. The van der Waals surface area contributed by atoms with Gasteiger partial charge in [-0.1, -0.05) is 66.0 Å². The zero-order valence-corrected chi connectivity index (χ0v) is 54.5. The molecule has 2 saturated heterocycles. The number of nitriles is 1. The summed E-state index contributed by atoms with van der Waals surface area (Å²) in [6, 6.07) is 17.0. The molecular formula is C64H93N9O6Pa-2. The number of ether oxygens (including phenoxy) is 4. The molecule has 2 amide bonds. The summed E-state index contributed by atoms with van der Waals surface area (Å²) in [5.41, 5.74) is 15.1. The van der Waals surface area contributed by atoms with Crippen LogP contribution in [0.25, 0.3) is 33.3 Å². The van der Waals surface area contributed by atoms with Crippen LogP contribution in [0.5, 0.6) is 5.75 Å². The molecule has 2 bridgehead atoms. The molecule has 8 rings (SSSR count). The Balaban J connectivity index is 0.00000139.